The highest BCUT2D eigenvalue weighted by Crippen LogP contribution is 2.09. The third-order valence-corrected chi connectivity index (χ3v) is 1.78. The molecule has 1 aromatic heterocycles. The third kappa shape index (κ3) is 2.52. The number of rotatable bonds is 3. The molecule has 4 heteroatoms. The monoisotopic (exact) mass is 180 g/mol. The molecule has 0 aliphatic rings. The molecule has 70 valence electrons. The van der Waals surface area contributed by atoms with E-state index in [1.54, 1.807) is 24.5 Å². The number of aromatic nitrogens is 1. The van der Waals surface area contributed by atoms with Gasteiger partial charge in [0.2, 0.25) is 0 Å². The zero-order valence-corrected chi connectivity index (χ0v) is 7.40. The number of hydrogen-bond acceptors (Lipinski definition) is 3. The van der Waals surface area contributed by atoms with E-state index in [1.165, 1.54) is 6.92 Å². The number of carboxylic acids is 1. The molecular formula is C9H12N2O2. The van der Waals surface area contributed by atoms with Gasteiger partial charge in [-0.3, -0.25) is 9.78 Å². The summed E-state index contributed by atoms with van der Waals surface area (Å²) in [6, 6.07) is 3.56. The van der Waals surface area contributed by atoms with Crippen molar-refractivity contribution in [3.8, 4) is 0 Å². The molecule has 0 aromatic carbocycles. The Morgan fingerprint density at radius 3 is 2.92 bits per heavy atom. The zero-order valence-electron chi connectivity index (χ0n) is 7.40. The van der Waals surface area contributed by atoms with Crippen molar-refractivity contribution < 1.29 is 9.90 Å². The second kappa shape index (κ2) is 3.53. The molecule has 0 saturated carbocycles. The van der Waals surface area contributed by atoms with Crippen molar-refractivity contribution in [1.29, 1.82) is 0 Å². The van der Waals surface area contributed by atoms with E-state index in [0.29, 0.717) is 0 Å². The highest BCUT2D eigenvalue weighted by Gasteiger charge is 2.27. The van der Waals surface area contributed by atoms with Crippen molar-refractivity contribution in [2.24, 2.45) is 5.73 Å². The van der Waals surface area contributed by atoms with Crippen LogP contribution in [0.4, 0.5) is 0 Å². The molecule has 0 saturated heterocycles. The van der Waals surface area contributed by atoms with Gasteiger partial charge in [0.25, 0.3) is 0 Å². The highest BCUT2D eigenvalue weighted by atomic mass is 16.4. The molecule has 4 nitrogen and oxygen atoms in total. The van der Waals surface area contributed by atoms with Crippen LogP contribution in [0.15, 0.2) is 24.5 Å². The van der Waals surface area contributed by atoms with Crippen LogP contribution in [0.2, 0.25) is 0 Å². The van der Waals surface area contributed by atoms with Crippen LogP contribution in [0.25, 0.3) is 0 Å². The summed E-state index contributed by atoms with van der Waals surface area (Å²) in [5.41, 5.74) is 5.17. The summed E-state index contributed by atoms with van der Waals surface area (Å²) in [5, 5.41) is 8.76. The number of carbonyl (C=O) groups is 1. The predicted molar refractivity (Wildman–Crippen MR) is 48.2 cm³/mol. The zero-order chi connectivity index (χ0) is 9.90. The fraction of sp³-hybridized carbons (Fsp3) is 0.333. The molecule has 0 aliphatic heterocycles. The van der Waals surface area contributed by atoms with Gasteiger partial charge < -0.3 is 10.8 Å². The lowest BCUT2D eigenvalue weighted by molar-refractivity contribution is -0.142. The van der Waals surface area contributed by atoms with E-state index < -0.39 is 11.5 Å². The first-order valence-electron chi connectivity index (χ1n) is 3.93. The summed E-state index contributed by atoms with van der Waals surface area (Å²) in [6.07, 6.45) is 3.54. The quantitative estimate of drug-likeness (QED) is 0.707. The van der Waals surface area contributed by atoms with Crippen LogP contribution in [-0.2, 0) is 11.2 Å². The molecule has 0 spiro atoms. The van der Waals surface area contributed by atoms with E-state index in [9.17, 15) is 4.79 Å². The first kappa shape index (κ1) is 9.67. The lowest BCUT2D eigenvalue weighted by atomic mass is 9.95. The lowest BCUT2D eigenvalue weighted by Gasteiger charge is -2.18. The van der Waals surface area contributed by atoms with Crippen LogP contribution < -0.4 is 5.73 Å². The SMILES string of the molecule is C[C@](N)(Cc1cccnc1)C(=O)O. The van der Waals surface area contributed by atoms with Gasteiger partial charge in [-0.15, -0.1) is 0 Å². The van der Waals surface area contributed by atoms with Gasteiger partial charge in [-0.25, -0.2) is 0 Å². The molecule has 1 rings (SSSR count). The van der Waals surface area contributed by atoms with Crippen molar-refractivity contribution in [2.45, 2.75) is 18.9 Å². The summed E-state index contributed by atoms with van der Waals surface area (Å²) in [4.78, 5) is 14.6. The van der Waals surface area contributed by atoms with Gasteiger partial charge in [-0.1, -0.05) is 6.07 Å². The van der Waals surface area contributed by atoms with Crippen molar-refractivity contribution in [3.63, 3.8) is 0 Å². The van der Waals surface area contributed by atoms with Crippen LogP contribution in [-0.4, -0.2) is 21.6 Å². The average molecular weight is 180 g/mol. The number of aliphatic carboxylic acids is 1. The first-order chi connectivity index (χ1) is 6.02. The lowest BCUT2D eigenvalue weighted by Crippen LogP contribution is -2.46. The fourth-order valence-electron chi connectivity index (χ4n) is 1.00. The number of carboxylic acid groups (broad SMARTS) is 1. The molecule has 0 amide bonds. The maximum atomic E-state index is 10.7. The van der Waals surface area contributed by atoms with Gasteiger partial charge in [-0.05, 0) is 18.6 Å². The molecule has 1 atom stereocenters. The van der Waals surface area contributed by atoms with Crippen LogP contribution in [0.3, 0.4) is 0 Å². The number of nitrogens with two attached hydrogens (primary N) is 1. The van der Waals surface area contributed by atoms with Gasteiger partial charge >= 0.3 is 5.97 Å². The minimum atomic E-state index is -1.22. The molecule has 1 heterocycles. The molecule has 0 bridgehead atoms. The minimum absolute atomic E-state index is 0.288. The number of pyridine rings is 1. The van der Waals surface area contributed by atoms with Crippen LogP contribution >= 0.6 is 0 Å². The van der Waals surface area contributed by atoms with Gasteiger partial charge in [0.15, 0.2) is 0 Å². The standard InChI is InChI=1S/C9H12N2O2/c1-9(10,8(12)13)5-7-3-2-4-11-6-7/h2-4,6H,5,10H2,1H3,(H,12,13)/t9-/m0/s1. The van der Waals surface area contributed by atoms with E-state index in [-0.39, 0.29) is 6.42 Å². The van der Waals surface area contributed by atoms with E-state index in [0.717, 1.165) is 5.56 Å². The maximum Gasteiger partial charge on any atom is 0.323 e. The Kier molecular flexibility index (Phi) is 2.63. The predicted octanol–water partition coefficient (Wildman–Crippen LogP) is 0.426. The van der Waals surface area contributed by atoms with Crippen molar-refractivity contribution in [2.75, 3.05) is 0 Å². The molecule has 0 aliphatic carbocycles. The Balaban J connectivity index is 2.75. The number of hydrogen-bond donors (Lipinski definition) is 2. The van der Waals surface area contributed by atoms with Crippen LogP contribution in [0.1, 0.15) is 12.5 Å². The third-order valence-electron chi connectivity index (χ3n) is 1.78. The molecule has 13 heavy (non-hydrogen) atoms. The summed E-state index contributed by atoms with van der Waals surface area (Å²) in [7, 11) is 0. The molecular weight excluding hydrogens is 168 g/mol. The molecule has 0 radical (unpaired) electrons. The van der Waals surface area contributed by atoms with E-state index in [4.69, 9.17) is 10.8 Å². The second-order valence-corrected chi connectivity index (χ2v) is 3.26. The van der Waals surface area contributed by atoms with E-state index in [1.807, 2.05) is 0 Å². The highest BCUT2D eigenvalue weighted by molar-refractivity contribution is 5.78. The molecule has 1 aromatic rings. The van der Waals surface area contributed by atoms with Gasteiger partial charge in [0.05, 0.1) is 0 Å². The van der Waals surface area contributed by atoms with Crippen molar-refractivity contribution in [1.82, 2.24) is 4.98 Å². The topological polar surface area (TPSA) is 76.2 Å². The fourth-order valence-corrected chi connectivity index (χ4v) is 1.00. The van der Waals surface area contributed by atoms with E-state index in [2.05, 4.69) is 4.98 Å². The Morgan fingerprint density at radius 1 is 1.77 bits per heavy atom. The van der Waals surface area contributed by atoms with Crippen molar-refractivity contribution >= 4 is 5.97 Å². The Labute approximate surface area is 76.4 Å². The molecule has 3 N–H and O–H groups in total. The molecule has 0 unspecified atom stereocenters. The van der Waals surface area contributed by atoms with Crippen LogP contribution in [0, 0.1) is 0 Å². The minimum Gasteiger partial charge on any atom is -0.480 e. The first-order valence-corrected chi connectivity index (χ1v) is 3.93. The van der Waals surface area contributed by atoms with Crippen LogP contribution in [0.5, 0.6) is 0 Å². The maximum absolute atomic E-state index is 10.7. The number of nitrogens with zero attached hydrogens (tertiary/aromatic N) is 1. The summed E-state index contributed by atoms with van der Waals surface area (Å²) >= 11 is 0. The van der Waals surface area contributed by atoms with Crippen molar-refractivity contribution in [3.05, 3.63) is 30.1 Å². The average Bonchev–Trinajstić information content (AvgIpc) is 2.05. The smallest absolute Gasteiger partial charge is 0.323 e. The molecule has 0 fully saturated rings. The van der Waals surface area contributed by atoms with Gasteiger partial charge in [0, 0.05) is 18.8 Å². The Hall–Kier alpha value is -1.42. The Bertz CT molecular complexity index is 296. The largest absolute Gasteiger partial charge is 0.480 e. The van der Waals surface area contributed by atoms with E-state index >= 15 is 0 Å². The summed E-state index contributed by atoms with van der Waals surface area (Å²) < 4.78 is 0. The summed E-state index contributed by atoms with van der Waals surface area (Å²) in [6.45, 7) is 1.49. The Morgan fingerprint density at radius 2 is 2.46 bits per heavy atom. The van der Waals surface area contributed by atoms with Gasteiger partial charge in [0.1, 0.15) is 5.54 Å². The summed E-state index contributed by atoms with van der Waals surface area (Å²) in [5.74, 6) is -1.00. The normalized spacial score (nSPS) is 14.9. The second-order valence-electron chi connectivity index (χ2n) is 3.26. The van der Waals surface area contributed by atoms with Gasteiger partial charge in [-0.2, -0.15) is 0 Å².